The van der Waals surface area contributed by atoms with E-state index in [1.165, 1.54) is 70.3 Å². The van der Waals surface area contributed by atoms with Gasteiger partial charge in [-0.15, -0.1) is 0 Å². The van der Waals surface area contributed by atoms with E-state index >= 15 is 0 Å². The summed E-state index contributed by atoms with van der Waals surface area (Å²) in [7, 11) is 0. The lowest BCUT2D eigenvalue weighted by atomic mass is 9.95. The number of hydrogen-bond donors (Lipinski definition) is 1. The zero-order chi connectivity index (χ0) is 13.5. The summed E-state index contributed by atoms with van der Waals surface area (Å²) in [6, 6.07) is 1.63. The molecule has 1 heterocycles. The summed E-state index contributed by atoms with van der Waals surface area (Å²) in [5.74, 6) is 2.21. The number of thioether (sulfide) groups is 1. The molecule has 112 valence electrons. The van der Waals surface area contributed by atoms with E-state index in [9.17, 15) is 0 Å². The third-order valence-electron chi connectivity index (χ3n) is 5.00. The van der Waals surface area contributed by atoms with Crippen LogP contribution < -0.4 is 5.32 Å². The Labute approximate surface area is 124 Å². The van der Waals surface area contributed by atoms with Gasteiger partial charge in [0.1, 0.15) is 0 Å². The van der Waals surface area contributed by atoms with Crippen molar-refractivity contribution in [1.82, 2.24) is 10.2 Å². The molecule has 1 aliphatic heterocycles. The third-order valence-corrected chi connectivity index (χ3v) is 5.64. The lowest BCUT2D eigenvalue weighted by molar-refractivity contribution is 0.132. The molecule has 2 nitrogen and oxygen atoms in total. The first-order chi connectivity index (χ1) is 9.29. The number of likely N-dealkylation sites (tertiary alicyclic amines) is 1. The highest BCUT2D eigenvalue weighted by atomic mass is 32.2. The number of hydrogen-bond acceptors (Lipinski definition) is 3. The Kier molecular flexibility index (Phi) is 7.03. The van der Waals surface area contributed by atoms with Crippen molar-refractivity contribution in [2.75, 3.05) is 31.6 Å². The highest BCUT2D eigenvalue weighted by molar-refractivity contribution is 7.98. The highest BCUT2D eigenvalue weighted by Gasteiger charge is 2.26. The first-order valence-corrected chi connectivity index (χ1v) is 9.65. The SMILES string of the molecule is CSCCC(C)NCC1CCN(C2CCCC2)CC1. The van der Waals surface area contributed by atoms with E-state index < -0.39 is 0 Å². The van der Waals surface area contributed by atoms with E-state index in [0.717, 1.165) is 12.0 Å². The highest BCUT2D eigenvalue weighted by Crippen LogP contribution is 2.27. The number of nitrogens with one attached hydrogen (secondary N) is 1. The smallest absolute Gasteiger partial charge is 0.00952 e. The molecule has 0 radical (unpaired) electrons. The molecule has 1 saturated carbocycles. The fourth-order valence-corrected chi connectivity index (χ4v) is 4.15. The van der Waals surface area contributed by atoms with Crippen LogP contribution in [-0.2, 0) is 0 Å². The Morgan fingerprint density at radius 1 is 1.16 bits per heavy atom. The molecule has 2 fully saturated rings. The predicted octanol–water partition coefficient (Wildman–Crippen LogP) is 3.37. The Morgan fingerprint density at radius 3 is 2.47 bits per heavy atom. The summed E-state index contributed by atoms with van der Waals surface area (Å²) in [5.41, 5.74) is 0. The van der Waals surface area contributed by atoms with Gasteiger partial charge in [0, 0.05) is 12.1 Å². The van der Waals surface area contributed by atoms with Crippen molar-refractivity contribution in [3.8, 4) is 0 Å². The summed E-state index contributed by atoms with van der Waals surface area (Å²) < 4.78 is 0. The van der Waals surface area contributed by atoms with Gasteiger partial charge in [0.25, 0.3) is 0 Å². The van der Waals surface area contributed by atoms with E-state index in [1.54, 1.807) is 0 Å². The molecule has 0 aromatic heterocycles. The molecular weight excluding hydrogens is 252 g/mol. The van der Waals surface area contributed by atoms with Gasteiger partial charge in [0.15, 0.2) is 0 Å². The Balaban J connectivity index is 1.58. The monoisotopic (exact) mass is 284 g/mol. The van der Waals surface area contributed by atoms with Crippen LogP contribution in [0.15, 0.2) is 0 Å². The van der Waals surface area contributed by atoms with Crippen LogP contribution in [0.2, 0.25) is 0 Å². The van der Waals surface area contributed by atoms with Crippen LogP contribution >= 0.6 is 11.8 Å². The molecule has 3 heteroatoms. The fraction of sp³-hybridized carbons (Fsp3) is 1.00. The number of nitrogens with zero attached hydrogens (tertiary/aromatic N) is 1. The van der Waals surface area contributed by atoms with Gasteiger partial charge in [-0.3, -0.25) is 0 Å². The van der Waals surface area contributed by atoms with Crippen molar-refractivity contribution in [3.05, 3.63) is 0 Å². The van der Waals surface area contributed by atoms with Crippen molar-refractivity contribution in [3.63, 3.8) is 0 Å². The lowest BCUT2D eigenvalue weighted by Crippen LogP contribution is -2.43. The topological polar surface area (TPSA) is 15.3 Å². The molecule has 1 N–H and O–H groups in total. The van der Waals surface area contributed by atoms with Crippen LogP contribution in [0.4, 0.5) is 0 Å². The van der Waals surface area contributed by atoms with Crippen molar-refractivity contribution >= 4 is 11.8 Å². The maximum atomic E-state index is 3.74. The fourth-order valence-electron chi connectivity index (χ4n) is 3.56. The average Bonchev–Trinajstić information content (AvgIpc) is 2.97. The molecule has 1 saturated heterocycles. The van der Waals surface area contributed by atoms with E-state index in [2.05, 4.69) is 23.4 Å². The molecule has 1 unspecified atom stereocenters. The van der Waals surface area contributed by atoms with Gasteiger partial charge in [-0.05, 0) is 76.6 Å². The molecular formula is C16H32N2S. The second-order valence-electron chi connectivity index (χ2n) is 6.51. The van der Waals surface area contributed by atoms with Crippen LogP contribution in [0.25, 0.3) is 0 Å². The largest absolute Gasteiger partial charge is 0.314 e. The van der Waals surface area contributed by atoms with E-state index in [4.69, 9.17) is 0 Å². The molecule has 0 aromatic rings. The van der Waals surface area contributed by atoms with Gasteiger partial charge in [-0.1, -0.05) is 12.8 Å². The van der Waals surface area contributed by atoms with Gasteiger partial charge in [-0.2, -0.15) is 11.8 Å². The van der Waals surface area contributed by atoms with Crippen LogP contribution in [0.1, 0.15) is 51.9 Å². The zero-order valence-corrected chi connectivity index (χ0v) is 13.7. The van der Waals surface area contributed by atoms with Crippen molar-refractivity contribution in [1.29, 1.82) is 0 Å². The number of piperidine rings is 1. The minimum Gasteiger partial charge on any atom is -0.314 e. The van der Waals surface area contributed by atoms with Crippen LogP contribution in [0, 0.1) is 5.92 Å². The minimum absolute atomic E-state index is 0.695. The first-order valence-electron chi connectivity index (χ1n) is 8.26. The molecule has 1 atom stereocenters. The second kappa shape index (κ2) is 8.53. The molecule has 2 rings (SSSR count). The maximum Gasteiger partial charge on any atom is 0.00952 e. The van der Waals surface area contributed by atoms with Crippen molar-refractivity contribution in [2.24, 2.45) is 5.92 Å². The standard InChI is InChI=1S/C16H32N2S/c1-14(9-12-19-2)17-13-15-7-10-18(11-8-15)16-5-3-4-6-16/h14-17H,3-13H2,1-2H3. The van der Waals surface area contributed by atoms with E-state index in [1.807, 2.05) is 11.8 Å². The molecule has 2 aliphatic rings. The Hall–Kier alpha value is 0.270. The third kappa shape index (κ3) is 5.28. The van der Waals surface area contributed by atoms with E-state index in [-0.39, 0.29) is 0 Å². The molecule has 0 spiro atoms. The van der Waals surface area contributed by atoms with E-state index in [0.29, 0.717) is 6.04 Å². The van der Waals surface area contributed by atoms with Crippen molar-refractivity contribution < 1.29 is 0 Å². The van der Waals surface area contributed by atoms with Gasteiger partial charge >= 0.3 is 0 Å². The molecule has 0 bridgehead atoms. The molecule has 19 heavy (non-hydrogen) atoms. The minimum atomic E-state index is 0.695. The predicted molar refractivity (Wildman–Crippen MR) is 87.0 cm³/mol. The summed E-state index contributed by atoms with van der Waals surface area (Å²) in [6.45, 7) is 6.30. The molecule has 1 aliphatic carbocycles. The van der Waals surface area contributed by atoms with Crippen LogP contribution in [-0.4, -0.2) is 48.6 Å². The lowest BCUT2D eigenvalue weighted by Gasteiger charge is -2.36. The van der Waals surface area contributed by atoms with Crippen LogP contribution in [0.3, 0.4) is 0 Å². The normalized spacial score (nSPS) is 24.9. The quantitative estimate of drug-likeness (QED) is 0.771. The Bertz CT molecular complexity index is 233. The average molecular weight is 285 g/mol. The van der Waals surface area contributed by atoms with Gasteiger partial charge in [0.2, 0.25) is 0 Å². The Morgan fingerprint density at radius 2 is 1.84 bits per heavy atom. The van der Waals surface area contributed by atoms with Gasteiger partial charge in [-0.25, -0.2) is 0 Å². The van der Waals surface area contributed by atoms with Gasteiger partial charge in [0.05, 0.1) is 0 Å². The summed E-state index contributed by atoms with van der Waals surface area (Å²) in [6.07, 6.45) is 12.2. The second-order valence-corrected chi connectivity index (χ2v) is 7.49. The molecule has 0 amide bonds. The first kappa shape index (κ1) is 15.7. The maximum absolute atomic E-state index is 3.74. The number of rotatable bonds is 7. The van der Waals surface area contributed by atoms with Crippen molar-refractivity contribution in [2.45, 2.75) is 64.0 Å². The summed E-state index contributed by atoms with van der Waals surface area (Å²) in [5, 5.41) is 3.74. The summed E-state index contributed by atoms with van der Waals surface area (Å²) >= 11 is 1.96. The molecule has 0 aromatic carbocycles. The zero-order valence-electron chi connectivity index (χ0n) is 12.9. The van der Waals surface area contributed by atoms with Crippen LogP contribution in [0.5, 0.6) is 0 Å². The van der Waals surface area contributed by atoms with Gasteiger partial charge < -0.3 is 10.2 Å². The summed E-state index contributed by atoms with van der Waals surface area (Å²) in [4.78, 5) is 2.78.